The van der Waals surface area contributed by atoms with Crippen LogP contribution in [0.2, 0.25) is 0 Å². The molecule has 0 radical (unpaired) electrons. The molecule has 1 amide bonds. The number of piperidine rings is 1. The summed E-state index contributed by atoms with van der Waals surface area (Å²) in [4.78, 5) is 17.3. The van der Waals surface area contributed by atoms with Crippen LogP contribution in [0.5, 0.6) is 11.5 Å². The summed E-state index contributed by atoms with van der Waals surface area (Å²) in [5.41, 5.74) is 1.20. The summed E-state index contributed by atoms with van der Waals surface area (Å²) < 4.78 is 11.0. The first kappa shape index (κ1) is 21.2. The number of methoxy groups -OCH3 is 1. The maximum Gasteiger partial charge on any atom is 0.260 e. The van der Waals surface area contributed by atoms with Gasteiger partial charge in [0.2, 0.25) is 0 Å². The number of hydrogen-bond acceptors (Lipinski definition) is 4. The maximum absolute atomic E-state index is 12.9. The van der Waals surface area contributed by atoms with E-state index in [2.05, 4.69) is 24.1 Å². The van der Waals surface area contributed by atoms with E-state index < -0.39 is 0 Å². The van der Waals surface area contributed by atoms with E-state index in [-0.39, 0.29) is 12.5 Å². The van der Waals surface area contributed by atoms with Crippen molar-refractivity contribution in [2.45, 2.75) is 19.3 Å². The fourth-order valence-corrected chi connectivity index (χ4v) is 3.68. The van der Waals surface area contributed by atoms with E-state index in [9.17, 15) is 4.79 Å². The number of rotatable bonds is 9. The highest BCUT2D eigenvalue weighted by atomic mass is 16.5. The minimum atomic E-state index is 0.0568. The largest absolute Gasteiger partial charge is 0.497 e. The van der Waals surface area contributed by atoms with Crippen LogP contribution in [0.1, 0.15) is 18.4 Å². The second-order valence-electron chi connectivity index (χ2n) is 7.79. The topological polar surface area (TPSA) is 42.0 Å². The molecule has 2 aromatic carbocycles. The molecule has 0 atom stereocenters. The van der Waals surface area contributed by atoms with Gasteiger partial charge < -0.3 is 19.3 Å². The lowest BCUT2D eigenvalue weighted by atomic mass is 9.96. The standard InChI is InChI=1S/C24H32N2O3/c1-25-15-12-21(13-16-25)18-26(17-14-20-8-10-22(28-2)11-9-20)24(27)19-29-23-6-4-3-5-7-23/h3-11,21H,12-19H2,1-2H3. The maximum atomic E-state index is 12.9. The summed E-state index contributed by atoms with van der Waals surface area (Å²) in [6, 6.07) is 17.6. The zero-order valence-electron chi connectivity index (χ0n) is 17.5. The van der Waals surface area contributed by atoms with E-state index in [4.69, 9.17) is 9.47 Å². The molecule has 1 aliphatic heterocycles. The molecule has 0 aliphatic carbocycles. The molecular formula is C24H32N2O3. The van der Waals surface area contributed by atoms with Crippen molar-refractivity contribution in [2.24, 2.45) is 5.92 Å². The Hall–Kier alpha value is -2.53. The van der Waals surface area contributed by atoms with Gasteiger partial charge in [0.15, 0.2) is 6.61 Å². The van der Waals surface area contributed by atoms with Gasteiger partial charge >= 0.3 is 0 Å². The molecule has 1 saturated heterocycles. The van der Waals surface area contributed by atoms with Crippen molar-refractivity contribution < 1.29 is 14.3 Å². The molecular weight excluding hydrogens is 364 g/mol. The SMILES string of the molecule is COc1ccc(CCN(CC2CCN(C)CC2)C(=O)COc2ccccc2)cc1. The van der Waals surface area contributed by atoms with E-state index >= 15 is 0 Å². The Balaban J connectivity index is 1.59. The summed E-state index contributed by atoms with van der Waals surface area (Å²) in [6.45, 7) is 3.80. The number of carbonyl (C=O) groups is 1. The smallest absolute Gasteiger partial charge is 0.260 e. The second-order valence-corrected chi connectivity index (χ2v) is 7.79. The van der Waals surface area contributed by atoms with E-state index in [0.717, 1.165) is 50.4 Å². The average Bonchev–Trinajstić information content (AvgIpc) is 2.77. The Morgan fingerprint density at radius 2 is 1.72 bits per heavy atom. The van der Waals surface area contributed by atoms with Crippen LogP contribution < -0.4 is 9.47 Å². The highest BCUT2D eigenvalue weighted by Crippen LogP contribution is 2.19. The average molecular weight is 397 g/mol. The molecule has 1 heterocycles. The molecule has 0 unspecified atom stereocenters. The number of carbonyl (C=O) groups excluding carboxylic acids is 1. The second kappa shape index (κ2) is 10.9. The summed E-state index contributed by atoms with van der Waals surface area (Å²) in [6.07, 6.45) is 3.11. The van der Waals surface area contributed by atoms with Crippen LogP contribution in [-0.4, -0.2) is 62.7 Å². The van der Waals surface area contributed by atoms with Gasteiger partial charge in [-0.15, -0.1) is 0 Å². The number of ether oxygens (including phenoxy) is 2. The Morgan fingerprint density at radius 1 is 1.03 bits per heavy atom. The lowest BCUT2D eigenvalue weighted by Gasteiger charge is -2.33. The van der Waals surface area contributed by atoms with Crippen molar-refractivity contribution in [1.29, 1.82) is 0 Å². The summed E-state index contributed by atoms with van der Waals surface area (Å²) in [5, 5.41) is 0. The zero-order valence-corrected chi connectivity index (χ0v) is 17.5. The van der Waals surface area contributed by atoms with E-state index in [1.165, 1.54) is 5.56 Å². The fourth-order valence-electron chi connectivity index (χ4n) is 3.68. The van der Waals surface area contributed by atoms with Crippen LogP contribution in [0.15, 0.2) is 54.6 Å². The van der Waals surface area contributed by atoms with Crippen molar-refractivity contribution in [3.8, 4) is 11.5 Å². The van der Waals surface area contributed by atoms with Gasteiger partial charge in [-0.2, -0.15) is 0 Å². The quantitative estimate of drug-likeness (QED) is 0.651. The summed E-state index contributed by atoms with van der Waals surface area (Å²) in [5.74, 6) is 2.20. The van der Waals surface area contributed by atoms with Crippen LogP contribution in [0.3, 0.4) is 0 Å². The van der Waals surface area contributed by atoms with Crippen molar-refractivity contribution >= 4 is 5.91 Å². The minimum absolute atomic E-state index is 0.0568. The lowest BCUT2D eigenvalue weighted by Crippen LogP contribution is -2.42. The minimum Gasteiger partial charge on any atom is -0.497 e. The van der Waals surface area contributed by atoms with Gasteiger partial charge in [0.1, 0.15) is 11.5 Å². The predicted molar refractivity (Wildman–Crippen MR) is 115 cm³/mol. The first-order valence-electron chi connectivity index (χ1n) is 10.4. The number of likely N-dealkylation sites (tertiary alicyclic amines) is 1. The first-order valence-corrected chi connectivity index (χ1v) is 10.4. The van der Waals surface area contributed by atoms with Crippen LogP contribution in [0.4, 0.5) is 0 Å². The number of para-hydroxylation sites is 1. The zero-order chi connectivity index (χ0) is 20.5. The van der Waals surface area contributed by atoms with E-state index in [0.29, 0.717) is 12.5 Å². The Morgan fingerprint density at radius 3 is 2.38 bits per heavy atom. The van der Waals surface area contributed by atoms with Gasteiger partial charge in [-0.3, -0.25) is 4.79 Å². The Labute approximate surface area is 174 Å². The number of benzene rings is 2. The number of amides is 1. The molecule has 0 N–H and O–H groups in total. The highest BCUT2D eigenvalue weighted by Gasteiger charge is 2.22. The van der Waals surface area contributed by atoms with Gasteiger partial charge in [0.05, 0.1) is 7.11 Å². The number of nitrogens with zero attached hydrogens (tertiary/aromatic N) is 2. The monoisotopic (exact) mass is 396 g/mol. The molecule has 3 rings (SSSR count). The molecule has 0 saturated carbocycles. The van der Waals surface area contributed by atoms with Crippen LogP contribution in [0.25, 0.3) is 0 Å². The van der Waals surface area contributed by atoms with E-state index in [1.54, 1.807) is 7.11 Å². The molecule has 1 fully saturated rings. The number of hydrogen-bond donors (Lipinski definition) is 0. The van der Waals surface area contributed by atoms with Crippen molar-refractivity contribution in [3.05, 3.63) is 60.2 Å². The van der Waals surface area contributed by atoms with E-state index in [1.807, 2.05) is 47.4 Å². The summed E-state index contributed by atoms with van der Waals surface area (Å²) >= 11 is 0. The van der Waals surface area contributed by atoms with Gasteiger partial charge in [-0.25, -0.2) is 0 Å². The van der Waals surface area contributed by atoms with Crippen LogP contribution >= 0.6 is 0 Å². The van der Waals surface area contributed by atoms with Crippen molar-refractivity contribution in [1.82, 2.24) is 9.80 Å². The van der Waals surface area contributed by atoms with Crippen molar-refractivity contribution in [3.63, 3.8) is 0 Å². The van der Waals surface area contributed by atoms with Gasteiger partial charge in [-0.05, 0) is 75.1 Å². The normalized spacial score (nSPS) is 15.1. The predicted octanol–water partition coefficient (Wildman–Crippen LogP) is 3.49. The van der Waals surface area contributed by atoms with Gasteiger partial charge in [-0.1, -0.05) is 30.3 Å². The highest BCUT2D eigenvalue weighted by molar-refractivity contribution is 5.77. The molecule has 156 valence electrons. The van der Waals surface area contributed by atoms with Crippen LogP contribution in [-0.2, 0) is 11.2 Å². The Kier molecular flexibility index (Phi) is 7.94. The third kappa shape index (κ3) is 6.79. The molecule has 5 heteroatoms. The molecule has 2 aromatic rings. The molecule has 0 aromatic heterocycles. The molecule has 5 nitrogen and oxygen atoms in total. The lowest BCUT2D eigenvalue weighted by molar-refractivity contribution is -0.134. The third-order valence-electron chi connectivity index (χ3n) is 5.60. The van der Waals surface area contributed by atoms with Crippen LogP contribution in [0, 0.1) is 5.92 Å². The third-order valence-corrected chi connectivity index (χ3v) is 5.60. The molecule has 0 bridgehead atoms. The van der Waals surface area contributed by atoms with Gasteiger partial charge in [0.25, 0.3) is 5.91 Å². The summed E-state index contributed by atoms with van der Waals surface area (Å²) in [7, 11) is 3.83. The molecule has 29 heavy (non-hydrogen) atoms. The van der Waals surface area contributed by atoms with Crippen molar-refractivity contribution in [2.75, 3.05) is 46.9 Å². The molecule has 0 spiro atoms. The molecule has 1 aliphatic rings. The van der Waals surface area contributed by atoms with Gasteiger partial charge in [0, 0.05) is 13.1 Å². The first-order chi connectivity index (χ1) is 14.1. The fraction of sp³-hybridized carbons (Fsp3) is 0.458. The Bertz CT molecular complexity index is 740.